The first kappa shape index (κ1) is 13.6. The monoisotopic (exact) mass is 257 g/mol. The average Bonchev–Trinajstić information content (AvgIpc) is 2.46. The van der Waals surface area contributed by atoms with Crippen LogP contribution in [-0.4, -0.2) is 6.61 Å². The van der Waals surface area contributed by atoms with Gasteiger partial charge in [0.05, 0.1) is 6.61 Å². The van der Waals surface area contributed by atoms with Crippen LogP contribution in [0.2, 0.25) is 0 Å². The van der Waals surface area contributed by atoms with Crippen molar-refractivity contribution < 1.29 is 9.13 Å². The van der Waals surface area contributed by atoms with Crippen LogP contribution in [-0.2, 0) is 0 Å². The minimum Gasteiger partial charge on any atom is -0.491 e. The Morgan fingerprint density at radius 2 is 1.84 bits per heavy atom. The van der Waals surface area contributed by atoms with E-state index in [1.54, 1.807) is 6.07 Å². The third kappa shape index (κ3) is 3.82. The van der Waals surface area contributed by atoms with Crippen LogP contribution in [0.1, 0.15) is 26.2 Å². The minimum absolute atomic E-state index is 0.304. The molecule has 1 radical (unpaired) electrons. The first-order valence-electron chi connectivity index (χ1n) is 6.70. The zero-order chi connectivity index (χ0) is 13.5. The van der Waals surface area contributed by atoms with Crippen molar-refractivity contribution in [1.82, 2.24) is 0 Å². The summed E-state index contributed by atoms with van der Waals surface area (Å²) in [5.41, 5.74) is 1.84. The Morgan fingerprint density at radius 3 is 2.53 bits per heavy atom. The summed E-state index contributed by atoms with van der Waals surface area (Å²) in [6.07, 6.45) is 3.21. The summed E-state index contributed by atoms with van der Waals surface area (Å²) in [5.74, 6) is 0.0316. The van der Waals surface area contributed by atoms with Crippen LogP contribution < -0.4 is 4.74 Å². The van der Waals surface area contributed by atoms with Crippen LogP contribution in [0.25, 0.3) is 11.1 Å². The lowest BCUT2D eigenvalue weighted by atomic mass is 10.1. The molecule has 0 aromatic heterocycles. The van der Waals surface area contributed by atoms with E-state index in [2.05, 4.69) is 13.0 Å². The highest BCUT2D eigenvalue weighted by Gasteiger charge is 2.05. The number of unbranched alkanes of at least 4 members (excludes halogenated alkanes) is 2. The molecule has 2 aromatic carbocycles. The highest BCUT2D eigenvalue weighted by molar-refractivity contribution is 5.64. The van der Waals surface area contributed by atoms with E-state index in [0.717, 1.165) is 30.4 Å². The lowest BCUT2D eigenvalue weighted by molar-refractivity contribution is 0.291. The van der Waals surface area contributed by atoms with Gasteiger partial charge in [0, 0.05) is 0 Å². The number of benzene rings is 2. The Hall–Kier alpha value is -1.83. The van der Waals surface area contributed by atoms with Crippen LogP contribution in [0.3, 0.4) is 0 Å². The van der Waals surface area contributed by atoms with Crippen LogP contribution in [0.4, 0.5) is 4.39 Å². The van der Waals surface area contributed by atoms with E-state index in [4.69, 9.17) is 4.74 Å². The van der Waals surface area contributed by atoms with Gasteiger partial charge in [0.25, 0.3) is 0 Å². The van der Waals surface area contributed by atoms with Gasteiger partial charge in [-0.15, -0.1) is 0 Å². The molecular formula is C17H18FO. The normalized spacial score (nSPS) is 10.4. The largest absolute Gasteiger partial charge is 0.491 e. The molecule has 0 N–H and O–H groups in total. The van der Waals surface area contributed by atoms with Gasteiger partial charge in [0.2, 0.25) is 0 Å². The van der Waals surface area contributed by atoms with E-state index in [1.807, 2.05) is 30.3 Å². The van der Waals surface area contributed by atoms with Crippen molar-refractivity contribution in [3.05, 3.63) is 54.3 Å². The van der Waals surface area contributed by atoms with Gasteiger partial charge >= 0.3 is 0 Å². The van der Waals surface area contributed by atoms with Gasteiger partial charge in [0.15, 0.2) is 11.6 Å². The van der Waals surface area contributed by atoms with Gasteiger partial charge < -0.3 is 4.74 Å². The molecule has 0 saturated carbocycles. The van der Waals surface area contributed by atoms with Gasteiger partial charge in [-0.1, -0.05) is 50.1 Å². The van der Waals surface area contributed by atoms with E-state index in [9.17, 15) is 4.39 Å². The molecule has 2 rings (SSSR count). The third-order valence-corrected chi connectivity index (χ3v) is 2.99. The second-order valence-corrected chi connectivity index (χ2v) is 4.49. The second kappa shape index (κ2) is 6.93. The molecule has 0 spiro atoms. The standard InChI is InChI=1S/C17H18FO/c1-2-3-7-12-19-17-11-10-15(13-16(17)18)14-8-5-4-6-9-14/h5-6,8-11,13H,2-3,7,12H2,1H3. The van der Waals surface area contributed by atoms with Crippen LogP contribution >= 0.6 is 0 Å². The van der Waals surface area contributed by atoms with Crippen LogP contribution in [0.5, 0.6) is 5.75 Å². The Morgan fingerprint density at radius 1 is 1.05 bits per heavy atom. The van der Waals surface area contributed by atoms with E-state index in [1.165, 1.54) is 6.07 Å². The average molecular weight is 257 g/mol. The summed E-state index contributed by atoms with van der Waals surface area (Å²) in [4.78, 5) is 0. The number of ether oxygens (including phenoxy) is 1. The SMILES string of the molecule is CCCCCOc1ccc(-c2cc[c]cc2)cc1F. The number of halogens is 1. The smallest absolute Gasteiger partial charge is 0.165 e. The lowest BCUT2D eigenvalue weighted by Crippen LogP contribution is -1.99. The Bertz CT molecular complexity index is 508. The summed E-state index contributed by atoms with van der Waals surface area (Å²) in [6, 6.07) is 15.5. The molecule has 0 heterocycles. The summed E-state index contributed by atoms with van der Waals surface area (Å²) in [6.45, 7) is 2.71. The number of hydrogen-bond donors (Lipinski definition) is 0. The topological polar surface area (TPSA) is 9.23 Å². The maximum Gasteiger partial charge on any atom is 0.165 e. The molecular weight excluding hydrogens is 239 g/mol. The number of hydrogen-bond acceptors (Lipinski definition) is 1. The quantitative estimate of drug-likeness (QED) is 0.671. The van der Waals surface area contributed by atoms with Crippen molar-refractivity contribution >= 4 is 0 Å². The third-order valence-electron chi connectivity index (χ3n) is 2.99. The molecule has 0 saturated heterocycles. The summed E-state index contributed by atoms with van der Waals surface area (Å²) in [5, 5.41) is 0. The molecule has 0 aliphatic heterocycles. The predicted octanol–water partition coefficient (Wildman–Crippen LogP) is 4.86. The molecule has 1 nitrogen and oxygen atoms in total. The van der Waals surface area contributed by atoms with Crippen molar-refractivity contribution in [2.24, 2.45) is 0 Å². The molecule has 2 aromatic rings. The highest BCUT2D eigenvalue weighted by Crippen LogP contribution is 2.25. The Labute approximate surface area is 114 Å². The molecule has 0 aliphatic rings. The van der Waals surface area contributed by atoms with Crippen molar-refractivity contribution in [1.29, 1.82) is 0 Å². The first-order valence-corrected chi connectivity index (χ1v) is 6.70. The molecule has 2 heteroatoms. The summed E-state index contributed by atoms with van der Waals surface area (Å²) in [7, 11) is 0. The van der Waals surface area contributed by atoms with Crippen LogP contribution in [0, 0.1) is 11.9 Å². The molecule has 0 amide bonds. The lowest BCUT2D eigenvalue weighted by Gasteiger charge is -2.08. The van der Waals surface area contributed by atoms with Gasteiger partial charge in [0.1, 0.15) is 0 Å². The molecule has 0 atom stereocenters. The van der Waals surface area contributed by atoms with Crippen molar-refractivity contribution in [2.45, 2.75) is 26.2 Å². The highest BCUT2D eigenvalue weighted by atomic mass is 19.1. The summed E-state index contributed by atoms with van der Waals surface area (Å²) < 4.78 is 19.4. The van der Waals surface area contributed by atoms with Gasteiger partial charge in [-0.2, -0.15) is 0 Å². The fraction of sp³-hybridized carbons (Fsp3) is 0.294. The zero-order valence-corrected chi connectivity index (χ0v) is 11.2. The Kier molecular flexibility index (Phi) is 4.96. The minimum atomic E-state index is -0.304. The van der Waals surface area contributed by atoms with E-state index < -0.39 is 0 Å². The van der Waals surface area contributed by atoms with E-state index in [-0.39, 0.29) is 5.82 Å². The molecule has 0 unspecified atom stereocenters. The molecule has 0 fully saturated rings. The maximum absolute atomic E-state index is 13.9. The summed E-state index contributed by atoms with van der Waals surface area (Å²) >= 11 is 0. The molecule has 19 heavy (non-hydrogen) atoms. The van der Waals surface area contributed by atoms with Crippen molar-refractivity contribution in [2.75, 3.05) is 6.61 Å². The van der Waals surface area contributed by atoms with E-state index in [0.29, 0.717) is 12.4 Å². The predicted molar refractivity (Wildman–Crippen MR) is 75.7 cm³/mol. The van der Waals surface area contributed by atoms with Gasteiger partial charge in [-0.25, -0.2) is 4.39 Å². The second-order valence-electron chi connectivity index (χ2n) is 4.49. The molecule has 0 bridgehead atoms. The van der Waals surface area contributed by atoms with E-state index >= 15 is 0 Å². The maximum atomic E-state index is 13.9. The molecule has 99 valence electrons. The van der Waals surface area contributed by atoms with Crippen molar-refractivity contribution in [3.8, 4) is 16.9 Å². The number of rotatable bonds is 6. The fourth-order valence-electron chi connectivity index (χ4n) is 1.91. The van der Waals surface area contributed by atoms with Crippen molar-refractivity contribution in [3.63, 3.8) is 0 Å². The zero-order valence-electron chi connectivity index (χ0n) is 11.2. The molecule has 0 aliphatic carbocycles. The first-order chi connectivity index (χ1) is 9.31. The fourth-order valence-corrected chi connectivity index (χ4v) is 1.91. The van der Waals surface area contributed by atoms with Gasteiger partial charge in [-0.3, -0.25) is 0 Å². The van der Waals surface area contributed by atoms with Gasteiger partial charge in [-0.05, 0) is 35.7 Å². The Balaban J connectivity index is 2.05. The van der Waals surface area contributed by atoms with Crippen LogP contribution in [0.15, 0.2) is 42.5 Å².